The van der Waals surface area contributed by atoms with Gasteiger partial charge < -0.3 is 11.2 Å². The quantitative estimate of drug-likeness (QED) is 0.521. The van der Waals surface area contributed by atoms with Crippen LogP contribution in [-0.2, 0) is 4.79 Å². The molecule has 0 saturated carbocycles. The molecule has 2 aromatic heterocycles. The lowest BCUT2D eigenvalue weighted by molar-refractivity contribution is -0.119. The Bertz CT molecular complexity index is 801. The molecule has 124 valence electrons. The molecule has 1 amide bonds. The van der Waals surface area contributed by atoms with Crippen LogP contribution >= 0.6 is 23.1 Å². The highest BCUT2D eigenvalue weighted by Gasteiger charge is 2.18. The summed E-state index contributed by atoms with van der Waals surface area (Å²) in [5, 5.41) is 13.4. The van der Waals surface area contributed by atoms with E-state index in [1.165, 1.54) is 16.4 Å². The summed E-state index contributed by atoms with van der Waals surface area (Å²) in [6.07, 6.45) is 0. The second kappa shape index (κ2) is 7.50. The zero-order valence-corrected chi connectivity index (χ0v) is 14.7. The average molecular weight is 359 g/mol. The van der Waals surface area contributed by atoms with Crippen LogP contribution in [0.25, 0.3) is 0 Å². The largest absolute Gasteiger partial charge is 0.344 e. The van der Waals surface area contributed by atoms with Gasteiger partial charge in [-0.25, -0.2) is 4.68 Å². The van der Waals surface area contributed by atoms with E-state index in [9.17, 15) is 4.79 Å². The van der Waals surface area contributed by atoms with Crippen molar-refractivity contribution in [3.8, 4) is 0 Å². The van der Waals surface area contributed by atoms with Gasteiger partial charge in [0.1, 0.15) is 5.82 Å². The van der Waals surface area contributed by atoms with Crippen LogP contribution in [0, 0.1) is 6.92 Å². The number of rotatable bonds is 6. The van der Waals surface area contributed by atoms with Gasteiger partial charge in [0.05, 0.1) is 11.8 Å². The summed E-state index contributed by atoms with van der Waals surface area (Å²) < 4.78 is 1.38. The molecule has 3 N–H and O–H groups in total. The lowest BCUT2D eigenvalue weighted by atomic mass is 10.1. The van der Waals surface area contributed by atoms with Gasteiger partial charge in [-0.2, -0.15) is 0 Å². The molecule has 6 nitrogen and oxygen atoms in total. The normalized spacial score (nSPS) is 12.0. The Morgan fingerprint density at radius 2 is 2.08 bits per heavy atom. The molecule has 2 heterocycles. The van der Waals surface area contributed by atoms with E-state index in [1.54, 1.807) is 18.3 Å². The molecule has 0 spiro atoms. The third-order valence-electron chi connectivity index (χ3n) is 3.43. The van der Waals surface area contributed by atoms with Crippen molar-refractivity contribution in [2.24, 2.45) is 0 Å². The standard InChI is InChI=1S/C16H17N5OS2/c1-11-19-20-16(21(11)17)24-10-14(22)18-15(13-8-5-9-23-13)12-6-3-2-4-7-12/h2-9,15H,10,17H2,1H3,(H,18,22)/t15-/m0/s1. The van der Waals surface area contributed by atoms with Crippen LogP contribution in [0.15, 0.2) is 53.0 Å². The lowest BCUT2D eigenvalue weighted by Crippen LogP contribution is -2.30. The summed E-state index contributed by atoms with van der Waals surface area (Å²) in [5.74, 6) is 6.55. The minimum Gasteiger partial charge on any atom is -0.344 e. The molecule has 0 aliphatic rings. The van der Waals surface area contributed by atoms with Crippen molar-refractivity contribution in [3.05, 3.63) is 64.1 Å². The maximum Gasteiger partial charge on any atom is 0.231 e. The summed E-state index contributed by atoms with van der Waals surface area (Å²) in [6, 6.07) is 13.8. The van der Waals surface area contributed by atoms with E-state index in [4.69, 9.17) is 5.84 Å². The Labute approximate surface area is 148 Å². The van der Waals surface area contributed by atoms with Crippen LogP contribution in [0.1, 0.15) is 22.3 Å². The van der Waals surface area contributed by atoms with Crippen molar-refractivity contribution >= 4 is 29.0 Å². The van der Waals surface area contributed by atoms with E-state index < -0.39 is 0 Å². The van der Waals surface area contributed by atoms with E-state index in [-0.39, 0.29) is 17.7 Å². The highest BCUT2D eigenvalue weighted by Crippen LogP contribution is 2.26. The first-order valence-corrected chi connectivity index (χ1v) is 9.19. The van der Waals surface area contributed by atoms with Gasteiger partial charge in [-0.15, -0.1) is 21.5 Å². The third-order valence-corrected chi connectivity index (χ3v) is 5.31. The van der Waals surface area contributed by atoms with Crippen LogP contribution in [0.4, 0.5) is 0 Å². The van der Waals surface area contributed by atoms with Gasteiger partial charge in [0.15, 0.2) is 0 Å². The number of aromatic nitrogens is 3. The summed E-state index contributed by atoms with van der Waals surface area (Å²) in [4.78, 5) is 13.5. The first kappa shape index (κ1) is 16.5. The number of nitrogen functional groups attached to an aromatic ring is 1. The molecule has 1 aromatic carbocycles. The molecule has 0 fully saturated rings. The Kier molecular flexibility index (Phi) is 5.17. The molecule has 1 atom stereocenters. The monoisotopic (exact) mass is 359 g/mol. The van der Waals surface area contributed by atoms with Gasteiger partial charge in [-0.05, 0) is 23.9 Å². The van der Waals surface area contributed by atoms with Gasteiger partial charge in [-0.3, -0.25) is 4.79 Å². The van der Waals surface area contributed by atoms with Crippen LogP contribution in [-0.4, -0.2) is 26.5 Å². The highest BCUT2D eigenvalue weighted by molar-refractivity contribution is 7.99. The van der Waals surface area contributed by atoms with Crippen molar-refractivity contribution in [3.63, 3.8) is 0 Å². The molecule has 8 heteroatoms. The first-order chi connectivity index (χ1) is 11.6. The molecule has 24 heavy (non-hydrogen) atoms. The van der Waals surface area contributed by atoms with Gasteiger partial charge in [0, 0.05) is 4.88 Å². The van der Waals surface area contributed by atoms with E-state index in [2.05, 4.69) is 15.5 Å². The second-order valence-corrected chi connectivity index (χ2v) is 7.04. The summed E-state index contributed by atoms with van der Waals surface area (Å²) >= 11 is 2.89. The van der Waals surface area contributed by atoms with Crippen molar-refractivity contribution in [2.75, 3.05) is 11.6 Å². The van der Waals surface area contributed by atoms with Crippen molar-refractivity contribution < 1.29 is 4.79 Å². The van der Waals surface area contributed by atoms with E-state index in [1.807, 2.05) is 47.8 Å². The highest BCUT2D eigenvalue weighted by atomic mass is 32.2. The molecule has 0 unspecified atom stereocenters. The maximum absolute atomic E-state index is 12.4. The number of nitrogens with two attached hydrogens (primary N) is 1. The number of thioether (sulfide) groups is 1. The number of benzene rings is 1. The summed E-state index contributed by atoms with van der Waals surface area (Å²) in [5.41, 5.74) is 1.05. The number of nitrogens with zero attached hydrogens (tertiary/aromatic N) is 3. The molecule has 3 rings (SSSR count). The predicted octanol–water partition coefficient (Wildman–Crippen LogP) is 2.36. The molecule has 0 aliphatic carbocycles. The number of carbonyl (C=O) groups excluding carboxylic acids is 1. The molecule has 0 aliphatic heterocycles. The Morgan fingerprint density at radius 1 is 1.29 bits per heavy atom. The smallest absolute Gasteiger partial charge is 0.231 e. The Balaban J connectivity index is 1.69. The topological polar surface area (TPSA) is 85.8 Å². The van der Waals surface area contributed by atoms with Gasteiger partial charge in [0.25, 0.3) is 0 Å². The van der Waals surface area contributed by atoms with Crippen molar-refractivity contribution in [2.45, 2.75) is 18.1 Å². The van der Waals surface area contributed by atoms with Gasteiger partial charge in [0.2, 0.25) is 11.1 Å². The fourth-order valence-corrected chi connectivity index (χ4v) is 3.72. The lowest BCUT2D eigenvalue weighted by Gasteiger charge is -2.18. The predicted molar refractivity (Wildman–Crippen MR) is 96.4 cm³/mol. The average Bonchev–Trinajstić information content (AvgIpc) is 3.23. The van der Waals surface area contributed by atoms with Crippen molar-refractivity contribution in [1.29, 1.82) is 0 Å². The summed E-state index contributed by atoms with van der Waals surface area (Å²) in [6.45, 7) is 1.76. The maximum atomic E-state index is 12.4. The van der Waals surface area contributed by atoms with Crippen LogP contribution in [0.5, 0.6) is 0 Å². The molecular weight excluding hydrogens is 342 g/mol. The number of thiophene rings is 1. The van der Waals surface area contributed by atoms with Crippen LogP contribution in [0.2, 0.25) is 0 Å². The van der Waals surface area contributed by atoms with Gasteiger partial charge >= 0.3 is 0 Å². The number of carbonyl (C=O) groups is 1. The Hall–Kier alpha value is -2.32. The number of aryl methyl sites for hydroxylation is 1. The van der Waals surface area contributed by atoms with E-state index >= 15 is 0 Å². The third kappa shape index (κ3) is 3.77. The minimum absolute atomic E-state index is 0.0806. The summed E-state index contributed by atoms with van der Waals surface area (Å²) in [7, 11) is 0. The fraction of sp³-hybridized carbons (Fsp3) is 0.188. The SMILES string of the molecule is Cc1nnc(SCC(=O)N[C@@H](c2ccccc2)c2cccs2)n1N. The number of hydrogen-bond acceptors (Lipinski definition) is 6. The van der Waals surface area contributed by atoms with Crippen molar-refractivity contribution in [1.82, 2.24) is 20.2 Å². The minimum atomic E-state index is -0.156. The molecule has 0 bridgehead atoms. The van der Waals surface area contributed by atoms with Gasteiger partial charge in [-0.1, -0.05) is 48.2 Å². The second-order valence-electron chi connectivity index (χ2n) is 5.12. The molecular formula is C16H17N5OS2. The fourth-order valence-electron chi connectivity index (χ4n) is 2.20. The molecule has 0 saturated heterocycles. The van der Waals surface area contributed by atoms with Crippen LogP contribution < -0.4 is 11.2 Å². The molecule has 0 radical (unpaired) electrons. The zero-order valence-electron chi connectivity index (χ0n) is 13.0. The molecule has 3 aromatic rings. The number of amides is 1. The number of nitrogens with one attached hydrogen (secondary N) is 1. The Morgan fingerprint density at radius 3 is 2.71 bits per heavy atom. The number of hydrogen-bond donors (Lipinski definition) is 2. The first-order valence-electron chi connectivity index (χ1n) is 7.32. The van der Waals surface area contributed by atoms with E-state index in [0.29, 0.717) is 11.0 Å². The zero-order chi connectivity index (χ0) is 16.9. The van der Waals surface area contributed by atoms with Crippen LogP contribution in [0.3, 0.4) is 0 Å². The van der Waals surface area contributed by atoms with E-state index in [0.717, 1.165) is 10.4 Å².